The number of pyridine rings is 1. The first-order chi connectivity index (χ1) is 8.22. The fraction of sp³-hybridized carbons (Fsp3) is 0.0833. The third kappa shape index (κ3) is 2.35. The maximum atomic E-state index is 9.24. The second kappa shape index (κ2) is 4.81. The molecule has 0 spiro atoms. The number of halogens is 1. The minimum absolute atomic E-state index is 0.245. The van der Waals surface area contributed by atoms with E-state index in [0.717, 1.165) is 5.57 Å². The van der Waals surface area contributed by atoms with Crippen molar-refractivity contribution in [3.63, 3.8) is 0 Å². The minimum atomic E-state index is 0.245. The maximum absolute atomic E-state index is 9.24. The molecule has 84 valence electrons. The molecule has 0 fully saturated rings. The molecule has 0 saturated carbocycles. The van der Waals surface area contributed by atoms with Crippen LogP contribution >= 0.6 is 11.6 Å². The summed E-state index contributed by atoms with van der Waals surface area (Å²) in [4.78, 5) is 8.07. The monoisotopic (exact) mass is 244 g/mol. The molecule has 4 nitrogen and oxygen atoms in total. The highest BCUT2D eigenvalue weighted by atomic mass is 35.5. The first-order valence-electron chi connectivity index (χ1n) is 4.95. The molecular weight excluding hydrogens is 236 g/mol. The van der Waals surface area contributed by atoms with Crippen molar-refractivity contribution >= 4 is 22.5 Å². The first-order valence-corrected chi connectivity index (χ1v) is 5.33. The van der Waals surface area contributed by atoms with Gasteiger partial charge in [0.1, 0.15) is 11.6 Å². The Morgan fingerprint density at radius 2 is 2.29 bits per heavy atom. The van der Waals surface area contributed by atoms with Crippen molar-refractivity contribution in [1.82, 2.24) is 10.3 Å². The number of nitrogens with one attached hydrogen (secondary N) is 1. The fourth-order valence-electron chi connectivity index (χ4n) is 1.46. The molecule has 0 radical (unpaired) electrons. The zero-order valence-electron chi connectivity index (χ0n) is 9.11. The largest absolute Gasteiger partial charge is 0.329 e. The predicted molar refractivity (Wildman–Crippen MR) is 67.0 cm³/mol. The van der Waals surface area contributed by atoms with Gasteiger partial charge in [-0.3, -0.25) is 4.98 Å². The summed E-state index contributed by atoms with van der Waals surface area (Å²) < 4.78 is 0. The molecule has 0 aromatic carbocycles. The van der Waals surface area contributed by atoms with Crippen LogP contribution < -0.4 is 5.32 Å². The number of nitrogens with zero attached hydrogens (tertiary/aromatic N) is 3. The van der Waals surface area contributed by atoms with Crippen LogP contribution in [0.3, 0.4) is 0 Å². The van der Waals surface area contributed by atoms with E-state index >= 15 is 0 Å². The number of amidine groups is 1. The van der Waals surface area contributed by atoms with E-state index in [1.165, 1.54) is 0 Å². The maximum Gasteiger partial charge on any atom is 0.200 e. The molecule has 1 aromatic rings. The molecule has 0 atom stereocenters. The normalized spacial score (nSPS) is 17.5. The standard InChI is InChI=1S/C12H9ClN4/c1-8-7-16-12(13)17-11(8)9(6-14)10-4-2-3-5-15-10/h2-5,7H,1H3,(H,16,17)/b11-9-. The summed E-state index contributed by atoms with van der Waals surface area (Å²) in [7, 11) is 0. The number of aromatic nitrogens is 1. The number of allylic oxidation sites excluding steroid dienone is 2. The van der Waals surface area contributed by atoms with Crippen LogP contribution in [-0.2, 0) is 0 Å². The molecule has 0 amide bonds. The summed E-state index contributed by atoms with van der Waals surface area (Å²) in [6.07, 6.45) is 3.26. The third-order valence-electron chi connectivity index (χ3n) is 2.28. The Morgan fingerprint density at radius 1 is 1.47 bits per heavy atom. The van der Waals surface area contributed by atoms with Gasteiger partial charge < -0.3 is 5.32 Å². The highest BCUT2D eigenvalue weighted by molar-refractivity contribution is 6.65. The summed E-state index contributed by atoms with van der Waals surface area (Å²) >= 11 is 5.80. The lowest BCUT2D eigenvalue weighted by Crippen LogP contribution is -2.22. The van der Waals surface area contributed by atoms with Gasteiger partial charge in [-0.05, 0) is 36.2 Å². The van der Waals surface area contributed by atoms with Crippen molar-refractivity contribution in [1.29, 1.82) is 5.26 Å². The van der Waals surface area contributed by atoms with E-state index in [0.29, 0.717) is 17.0 Å². The molecular formula is C12H9ClN4. The van der Waals surface area contributed by atoms with Gasteiger partial charge in [0, 0.05) is 12.4 Å². The number of nitriles is 1. The molecule has 17 heavy (non-hydrogen) atoms. The van der Waals surface area contributed by atoms with E-state index in [9.17, 15) is 5.26 Å². The summed E-state index contributed by atoms with van der Waals surface area (Å²) in [6.45, 7) is 1.86. The van der Waals surface area contributed by atoms with E-state index in [4.69, 9.17) is 11.6 Å². The summed E-state index contributed by atoms with van der Waals surface area (Å²) in [5, 5.41) is 12.4. The molecule has 1 N–H and O–H groups in total. The van der Waals surface area contributed by atoms with Gasteiger partial charge in [0.05, 0.1) is 11.4 Å². The van der Waals surface area contributed by atoms with Gasteiger partial charge >= 0.3 is 0 Å². The summed E-state index contributed by atoms with van der Waals surface area (Å²) in [5.41, 5.74) is 2.55. The van der Waals surface area contributed by atoms with Gasteiger partial charge in [0.2, 0.25) is 0 Å². The topological polar surface area (TPSA) is 61.1 Å². The van der Waals surface area contributed by atoms with Crippen LogP contribution in [0.15, 0.2) is 46.9 Å². The van der Waals surface area contributed by atoms with Crippen molar-refractivity contribution in [3.8, 4) is 6.07 Å². The number of rotatable bonds is 1. The quantitative estimate of drug-likeness (QED) is 0.610. The zero-order chi connectivity index (χ0) is 12.3. The van der Waals surface area contributed by atoms with E-state index in [-0.39, 0.29) is 5.29 Å². The van der Waals surface area contributed by atoms with Gasteiger partial charge in [0.25, 0.3) is 0 Å². The Labute approximate surface area is 104 Å². The molecule has 0 unspecified atom stereocenters. The molecule has 0 aliphatic carbocycles. The van der Waals surface area contributed by atoms with Crippen molar-refractivity contribution in [3.05, 3.63) is 47.6 Å². The van der Waals surface area contributed by atoms with Crippen LogP contribution in [0.2, 0.25) is 0 Å². The fourth-order valence-corrected chi connectivity index (χ4v) is 1.61. The molecule has 1 aliphatic heterocycles. The SMILES string of the molecule is CC1=CN=C(Cl)N/C1=C(/C#N)c1ccccn1. The highest BCUT2D eigenvalue weighted by Crippen LogP contribution is 2.22. The van der Waals surface area contributed by atoms with Crippen molar-refractivity contribution in [2.24, 2.45) is 4.99 Å². The van der Waals surface area contributed by atoms with Gasteiger partial charge in [-0.15, -0.1) is 0 Å². The second-order valence-electron chi connectivity index (χ2n) is 3.43. The molecule has 1 aromatic heterocycles. The summed E-state index contributed by atoms with van der Waals surface area (Å²) in [6, 6.07) is 7.55. The first kappa shape index (κ1) is 11.4. The Kier molecular flexibility index (Phi) is 3.22. The van der Waals surface area contributed by atoms with Gasteiger partial charge in [-0.2, -0.15) is 5.26 Å². The van der Waals surface area contributed by atoms with E-state index < -0.39 is 0 Å². The van der Waals surface area contributed by atoms with Crippen molar-refractivity contribution in [2.75, 3.05) is 0 Å². The predicted octanol–water partition coefficient (Wildman–Crippen LogP) is 2.42. The zero-order valence-corrected chi connectivity index (χ0v) is 9.86. The van der Waals surface area contributed by atoms with Crippen LogP contribution in [0.1, 0.15) is 12.6 Å². The number of hydrogen-bond acceptors (Lipinski definition) is 4. The highest BCUT2D eigenvalue weighted by Gasteiger charge is 2.15. The van der Waals surface area contributed by atoms with Gasteiger partial charge in [-0.25, -0.2) is 4.99 Å². The minimum Gasteiger partial charge on any atom is -0.329 e. The summed E-state index contributed by atoms with van der Waals surface area (Å²) in [5.74, 6) is 0. The van der Waals surface area contributed by atoms with Crippen LogP contribution in [0.4, 0.5) is 0 Å². The molecule has 2 heterocycles. The molecule has 2 rings (SSSR count). The number of hydrogen-bond donors (Lipinski definition) is 1. The number of aliphatic imine (C=N–C) groups is 1. The van der Waals surface area contributed by atoms with E-state index in [1.807, 2.05) is 13.0 Å². The van der Waals surface area contributed by atoms with Gasteiger partial charge in [0.15, 0.2) is 5.29 Å². The lowest BCUT2D eigenvalue weighted by Gasteiger charge is -2.15. The molecule has 0 saturated heterocycles. The van der Waals surface area contributed by atoms with E-state index in [1.54, 1.807) is 24.5 Å². The third-order valence-corrected chi connectivity index (χ3v) is 2.47. The Morgan fingerprint density at radius 3 is 2.94 bits per heavy atom. The Bertz CT molecular complexity index is 564. The van der Waals surface area contributed by atoms with Gasteiger partial charge in [-0.1, -0.05) is 6.07 Å². The molecule has 5 heteroatoms. The lowest BCUT2D eigenvalue weighted by molar-refractivity contribution is 1.09. The van der Waals surface area contributed by atoms with Crippen LogP contribution in [0, 0.1) is 11.3 Å². The average molecular weight is 245 g/mol. The Hall–Kier alpha value is -2.12. The Balaban J connectivity index is 2.54. The molecule has 0 bridgehead atoms. The van der Waals surface area contributed by atoms with Crippen molar-refractivity contribution < 1.29 is 0 Å². The molecule has 1 aliphatic rings. The second-order valence-corrected chi connectivity index (χ2v) is 3.79. The van der Waals surface area contributed by atoms with Crippen LogP contribution in [0.25, 0.3) is 5.57 Å². The van der Waals surface area contributed by atoms with E-state index in [2.05, 4.69) is 21.4 Å². The lowest BCUT2D eigenvalue weighted by atomic mass is 10.1. The van der Waals surface area contributed by atoms with Crippen molar-refractivity contribution in [2.45, 2.75) is 6.92 Å². The average Bonchev–Trinajstić information content (AvgIpc) is 2.36. The van der Waals surface area contributed by atoms with Crippen LogP contribution in [-0.4, -0.2) is 10.3 Å². The van der Waals surface area contributed by atoms with Crippen LogP contribution in [0.5, 0.6) is 0 Å². The smallest absolute Gasteiger partial charge is 0.200 e.